The van der Waals surface area contributed by atoms with Crippen LogP contribution in [0.25, 0.3) is 0 Å². The lowest BCUT2D eigenvalue weighted by molar-refractivity contribution is -0.116. The van der Waals surface area contributed by atoms with Gasteiger partial charge in [-0.05, 0) is 49.9 Å². The van der Waals surface area contributed by atoms with Crippen molar-refractivity contribution in [2.24, 2.45) is 5.92 Å². The Morgan fingerprint density at radius 2 is 1.80 bits per heavy atom. The van der Waals surface area contributed by atoms with Gasteiger partial charge in [0.15, 0.2) is 0 Å². The first-order chi connectivity index (χ1) is 9.52. The second-order valence-electron chi connectivity index (χ2n) is 5.78. The van der Waals surface area contributed by atoms with Crippen LogP contribution in [0.1, 0.15) is 58.6 Å². The number of anilines is 1. The van der Waals surface area contributed by atoms with E-state index < -0.39 is 0 Å². The summed E-state index contributed by atoms with van der Waals surface area (Å²) in [6, 6.07) is 8.46. The molecule has 1 unspecified atom stereocenters. The number of hydrogen-bond donors (Lipinski definition) is 2. The number of hydrogen-bond acceptors (Lipinski definition) is 2. The molecule has 0 heterocycles. The SMILES string of the molecule is CCCNC(C)c1ccc(NC(=O)CCC(C)C)cc1. The Morgan fingerprint density at radius 3 is 2.35 bits per heavy atom. The fraction of sp³-hybridized carbons (Fsp3) is 0.588. The van der Waals surface area contributed by atoms with Crippen LogP contribution in [0.4, 0.5) is 5.69 Å². The minimum atomic E-state index is 0.101. The maximum absolute atomic E-state index is 11.8. The van der Waals surface area contributed by atoms with Gasteiger partial charge >= 0.3 is 0 Å². The minimum absolute atomic E-state index is 0.101. The zero-order valence-corrected chi connectivity index (χ0v) is 13.2. The highest BCUT2D eigenvalue weighted by atomic mass is 16.1. The summed E-state index contributed by atoms with van der Waals surface area (Å²) in [7, 11) is 0. The van der Waals surface area contributed by atoms with Crippen molar-refractivity contribution in [3.8, 4) is 0 Å². The van der Waals surface area contributed by atoms with Crippen molar-refractivity contribution in [3.63, 3.8) is 0 Å². The van der Waals surface area contributed by atoms with Gasteiger partial charge in [0.25, 0.3) is 0 Å². The molecule has 3 heteroatoms. The Hall–Kier alpha value is -1.35. The highest BCUT2D eigenvalue weighted by Crippen LogP contribution is 2.16. The van der Waals surface area contributed by atoms with Crippen LogP contribution >= 0.6 is 0 Å². The van der Waals surface area contributed by atoms with Gasteiger partial charge < -0.3 is 10.6 Å². The normalized spacial score (nSPS) is 12.4. The maximum atomic E-state index is 11.8. The van der Waals surface area contributed by atoms with Gasteiger partial charge in [0.1, 0.15) is 0 Å². The average molecular weight is 276 g/mol. The molecular formula is C17H28N2O. The van der Waals surface area contributed by atoms with Crippen molar-refractivity contribution in [3.05, 3.63) is 29.8 Å². The molecule has 1 amide bonds. The van der Waals surface area contributed by atoms with Crippen molar-refractivity contribution in [2.75, 3.05) is 11.9 Å². The van der Waals surface area contributed by atoms with Gasteiger partial charge in [-0.25, -0.2) is 0 Å². The lowest BCUT2D eigenvalue weighted by Crippen LogP contribution is -2.19. The lowest BCUT2D eigenvalue weighted by Gasteiger charge is -2.14. The highest BCUT2D eigenvalue weighted by Gasteiger charge is 2.06. The predicted molar refractivity (Wildman–Crippen MR) is 85.9 cm³/mol. The van der Waals surface area contributed by atoms with Crippen molar-refractivity contribution < 1.29 is 4.79 Å². The maximum Gasteiger partial charge on any atom is 0.224 e. The van der Waals surface area contributed by atoms with Gasteiger partial charge in [0, 0.05) is 18.2 Å². The molecule has 0 radical (unpaired) electrons. The van der Waals surface area contributed by atoms with Crippen LogP contribution in [-0.2, 0) is 4.79 Å². The Morgan fingerprint density at radius 1 is 1.15 bits per heavy atom. The zero-order valence-electron chi connectivity index (χ0n) is 13.2. The first-order valence-corrected chi connectivity index (χ1v) is 7.66. The Kier molecular flexibility index (Phi) is 7.31. The average Bonchev–Trinajstić information content (AvgIpc) is 2.43. The third-order valence-corrected chi connectivity index (χ3v) is 3.34. The first-order valence-electron chi connectivity index (χ1n) is 7.66. The summed E-state index contributed by atoms with van der Waals surface area (Å²) in [4.78, 5) is 11.8. The molecule has 0 aliphatic heterocycles. The van der Waals surface area contributed by atoms with E-state index in [2.05, 4.69) is 50.5 Å². The second kappa shape index (κ2) is 8.75. The molecular weight excluding hydrogens is 248 g/mol. The van der Waals surface area contributed by atoms with Crippen LogP contribution in [0.3, 0.4) is 0 Å². The van der Waals surface area contributed by atoms with Gasteiger partial charge in [-0.15, -0.1) is 0 Å². The molecule has 0 aromatic heterocycles. The van der Waals surface area contributed by atoms with Crippen molar-refractivity contribution in [1.82, 2.24) is 5.32 Å². The van der Waals surface area contributed by atoms with Gasteiger partial charge in [-0.2, -0.15) is 0 Å². The molecule has 112 valence electrons. The molecule has 2 N–H and O–H groups in total. The molecule has 0 fully saturated rings. The summed E-state index contributed by atoms with van der Waals surface area (Å²) in [6.45, 7) is 9.61. The number of amides is 1. The molecule has 1 aromatic carbocycles. The zero-order chi connectivity index (χ0) is 15.0. The van der Waals surface area contributed by atoms with Crippen LogP contribution in [-0.4, -0.2) is 12.5 Å². The van der Waals surface area contributed by atoms with E-state index >= 15 is 0 Å². The van der Waals surface area contributed by atoms with Gasteiger partial charge in [0.2, 0.25) is 5.91 Å². The Bertz CT molecular complexity index is 398. The third-order valence-electron chi connectivity index (χ3n) is 3.34. The summed E-state index contributed by atoms with van der Waals surface area (Å²) in [5.74, 6) is 0.664. The molecule has 0 saturated heterocycles. The molecule has 0 aliphatic carbocycles. The minimum Gasteiger partial charge on any atom is -0.326 e. The summed E-state index contributed by atoms with van der Waals surface area (Å²) in [5, 5.41) is 6.40. The summed E-state index contributed by atoms with van der Waals surface area (Å²) < 4.78 is 0. The van der Waals surface area contributed by atoms with E-state index in [4.69, 9.17) is 0 Å². The molecule has 0 saturated carbocycles. The predicted octanol–water partition coefficient (Wildman–Crippen LogP) is 4.12. The largest absolute Gasteiger partial charge is 0.326 e. The highest BCUT2D eigenvalue weighted by molar-refractivity contribution is 5.90. The number of rotatable bonds is 8. The van der Waals surface area contributed by atoms with Crippen LogP contribution in [0.15, 0.2) is 24.3 Å². The van der Waals surface area contributed by atoms with Crippen molar-refractivity contribution in [2.45, 2.75) is 53.0 Å². The van der Waals surface area contributed by atoms with Crippen LogP contribution in [0.5, 0.6) is 0 Å². The molecule has 3 nitrogen and oxygen atoms in total. The summed E-state index contributed by atoms with van der Waals surface area (Å²) in [5.41, 5.74) is 2.13. The number of nitrogens with one attached hydrogen (secondary N) is 2. The van der Waals surface area contributed by atoms with E-state index in [0.29, 0.717) is 18.4 Å². The van der Waals surface area contributed by atoms with Crippen molar-refractivity contribution >= 4 is 11.6 Å². The number of benzene rings is 1. The fourth-order valence-corrected chi connectivity index (χ4v) is 1.98. The molecule has 1 aromatic rings. The number of carbonyl (C=O) groups excluding carboxylic acids is 1. The monoisotopic (exact) mass is 276 g/mol. The van der Waals surface area contributed by atoms with Crippen LogP contribution in [0, 0.1) is 5.92 Å². The second-order valence-corrected chi connectivity index (χ2v) is 5.78. The topological polar surface area (TPSA) is 41.1 Å². The molecule has 0 spiro atoms. The van der Waals surface area contributed by atoms with Gasteiger partial charge in [-0.1, -0.05) is 32.9 Å². The van der Waals surface area contributed by atoms with E-state index in [-0.39, 0.29) is 5.91 Å². The van der Waals surface area contributed by atoms with E-state index in [9.17, 15) is 4.79 Å². The smallest absolute Gasteiger partial charge is 0.224 e. The van der Waals surface area contributed by atoms with E-state index in [1.165, 1.54) is 5.56 Å². The number of carbonyl (C=O) groups is 1. The van der Waals surface area contributed by atoms with Crippen molar-refractivity contribution in [1.29, 1.82) is 0 Å². The molecule has 1 atom stereocenters. The Labute approximate surface area is 123 Å². The van der Waals surface area contributed by atoms with Crippen LogP contribution < -0.4 is 10.6 Å². The van der Waals surface area contributed by atoms with Crippen LogP contribution in [0.2, 0.25) is 0 Å². The lowest BCUT2D eigenvalue weighted by atomic mass is 10.1. The molecule has 20 heavy (non-hydrogen) atoms. The quantitative estimate of drug-likeness (QED) is 0.750. The summed E-state index contributed by atoms with van der Waals surface area (Å²) >= 11 is 0. The molecule has 1 rings (SSSR count). The summed E-state index contributed by atoms with van der Waals surface area (Å²) in [6.07, 6.45) is 2.66. The van der Waals surface area contributed by atoms with Gasteiger partial charge in [-0.3, -0.25) is 4.79 Å². The standard InChI is InChI=1S/C17H28N2O/c1-5-12-18-14(4)15-7-9-16(10-8-15)19-17(20)11-6-13(2)3/h7-10,13-14,18H,5-6,11-12H2,1-4H3,(H,19,20). The van der Waals surface area contributed by atoms with Gasteiger partial charge in [0.05, 0.1) is 0 Å². The Balaban J connectivity index is 2.47. The first kappa shape index (κ1) is 16.7. The molecule has 0 bridgehead atoms. The van der Waals surface area contributed by atoms with E-state index in [1.54, 1.807) is 0 Å². The fourth-order valence-electron chi connectivity index (χ4n) is 1.98. The van der Waals surface area contributed by atoms with E-state index in [1.807, 2.05) is 12.1 Å². The van der Waals surface area contributed by atoms with E-state index in [0.717, 1.165) is 25.1 Å². The third kappa shape index (κ3) is 6.20. The molecule has 0 aliphatic rings.